The molecule has 2 aromatic rings. The maximum Gasteiger partial charge on any atom is 0.224 e. The zero-order valence-corrected chi connectivity index (χ0v) is 17.3. The van der Waals surface area contributed by atoms with E-state index in [0.717, 1.165) is 45.6 Å². The highest BCUT2D eigenvalue weighted by Gasteiger charge is 2.54. The van der Waals surface area contributed by atoms with E-state index >= 15 is 0 Å². The molecule has 3 aliphatic heterocycles. The Kier molecular flexibility index (Phi) is 4.92. The summed E-state index contributed by atoms with van der Waals surface area (Å²) in [6, 6.07) is 21.5. The van der Waals surface area contributed by atoms with Crippen LogP contribution in [-0.4, -0.2) is 61.0 Å². The normalized spacial score (nSPS) is 33.3. The van der Waals surface area contributed by atoms with Gasteiger partial charge < -0.3 is 10.2 Å². The molecule has 2 aromatic carbocycles. The van der Waals surface area contributed by atoms with Crippen LogP contribution >= 0.6 is 0 Å². The Bertz CT molecular complexity index is 795. The van der Waals surface area contributed by atoms with Crippen LogP contribution in [0.4, 0.5) is 0 Å². The number of rotatable bonds is 3. The molecule has 3 heterocycles. The molecule has 4 heteroatoms. The summed E-state index contributed by atoms with van der Waals surface area (Å²) in [6.45, 7) is 5.15. The summed E-state index contributed by atoms with van der Waals surface area (Å²) in [5.41, 5.74) is 2.66. The van der Waals surface area contributed by atoms with E-state index in [0.29, 0.717) is 0 Å². The SMILES string of the molecule is CN1CCN(C23CNC(=O)C(C(c4ccccc4)C2)C(c2ccccc2)C3)CC1. The van der Waals surface area contributed by atoms with Gasteiger partial charge >= 0.3 is 0 Å². The van der Waals surface area contributed by atoms with E-state index in [1.54, 1.807) is 0 Å². The first-order valence-electron chi connectivity index (χ1n) is 11.0. The monoisotopic (exact) mass is 389 g/mol. The van der Waals surface area contributed by atoms with Gasteiger partial charge in [-0.1, -0.05) is 60.7 Å². The fraction of sp³-hybridized carbons (Fsp3) is 0.480. The van der Waals surface area contributed by atoms with Gasteiger partial charge in [-0.3, -0.25) is 9.69 Å². The second-order valence-corrected chi connectivity index (χ2v) is 9.20. The molecule has 0 spiro atoms. The smallest absolute Gasteiger partial charge is 0.224 e. The third-order valence-electron chi connectivity index (χ3n) is 7.59. The van der Waals surface area contributed by atoms with Crippen molar-refractivity contribution >= 4 is 5.91 Å². The summed E-state index contributed by atoms with van der Waals surface area (Å²) >= 11 is 0. The van der Waals surface area contributed by atoms with Gasteiger partial charge in [0.05, 0.1) is 5.92 Å². The van der Waals surface area contributed by atoms with E-state index in [-0.39, 0.29) is 29.2 Å². The number of likely N-dealkylation sites (N-methyl/N-ethyl adjacent to an activating group) is 1. The highest BCUT2D eigenvalue weighted by molar-refractivity contribution is 5.82. The molecule has 4 nitrogen and oxygen atoms in total. The zero-order chi connectivity index (χ0) is 19.8. The third kappa shape index (κ3) is 3.38. The molecular weight excluding hydrogens is 358 g/mol. The summed E-state index contributed by atoms with van der Waals surface area (Å²) in [7, 11) is 2.21. The van der Waals surface area contributed by atoms with E-state index < -0.39 is 0 Å². The van der Waals surface area contributed by atoms with E-state index in [2.05, 4.69) is 82.8 Å². The van der Waals surface area contributed by atoms with Crippen LogP contribution in [0.15, 0.2) is 60.7 Å². The summed E-state index contributed by atoms with van der Waals surface area (Å²) in [6.07, 6.45) is 2.13. The standard InChI is InChI=1S/C25H31N3O/c1-27-12-14-28(15-13-27)25-16-21(19-8-4-2-5-9-19)23(24(29)26-18-25)22(17-25)20-10-6-3-7-11-20/h2-11,21-23H,12-18H2,1H3,(H,26,29). The van der Waals surface area contributed by atoms with Crippen molar-refractivity contribution in [2.45, 2.75) is 30.2 Å². The Morgan fingerprint density at radius 2 is 1.34 bits per heavy atom. The lowest BCUT2D eigenvalue weighted by atomic mass is 9.61. The third-order valence-corrected chi connectivity index (χ3v) is 7.59. The Labute approximate surface area is 173 Å². The quantitative estimate of drug-likeness (QED) is 0.876. The molecule has 0 radical (unpaired) electrons. The van der Waals surface area contributed by atoms with Gasteiger partial charge in [-0.2, -0.15) is 0 Å². The summed E-state index contributed by atoms with van der Waals surface area (Å²) in [5.74, 6) is 0.763. The van der Waals surface area contributed by atoms with E-state index in [1.165, 1.54) is 11.1 Å². The molecule has 6 rings (SSSR count). The van der Waals surface area contributed by atoms with E-state index in [9.17, 15) is 4.79 Å². The lowest BCUT2D eigenvalue weighted by Crippen LogP contribution is -2.61. The lowest BCUT2D eigenvalue weighted by Gasteiger charge is -2.52. The second kappa shape index (κ2) is 7.58. The van der Waals surface area contributed by atoms with Crippen LogP contribution in [0.25, 0.3) is 0 Å². The number of nitrogens with zero attached hydrogens (tertiary/aromatic N) is 2. The van der Waals surface area contributed by atoms with Gasteiger partial charge in [0.2, 0.25) is 5.91 Å². The van der Waals surface area contributed by atoms with Crippen molar-refractivity contribution in [3.05, 3.63) is 71.8 Å². The van der Waals surface area contributed by atoms with Crippen LogP contribution in [0.5, 0.6) is 0 Å². The van der Waals surface area contributed by atoms with Gasteiger partial charge in [0.15, 0.2) is 0 Å². The molecule has 1 aliphatic carbocycles. The van der Waals surface area contributed by atoms with Gasteiger partial charge in [0, 0.05) is 38.3 Å². The highest BCUT2D eigenvalue weighted by Crippen LogP contribution is 2.53. The Hall–Kier alpha value is -2.17. The molecule has 1 saturated carbocycles. The van der Waals surface area contributed by atoms with Gasteiger partial charge in [-0.25, -0.2) is 0 Å². The maximum absolute atomic E-state index is 13.4. The number of hydrogen-bond acceptors (Lipinski definition) is 3. The number of amides is 1. The largest absolute Gasteiger partial charge is 0.354 e. The van der Waals surface area contributed by atoms with Gasteiger partial charge in [-0.15, -0.1) is 0 Å². The molecule has 4 aliphatic rings. The molecule has 2 unspecified atom stereocenters. The van der Waals surface area contributed by atoms with E-state index in [1.807, 2.05) is 0 Å². The molecule has 152 valence electrons. The first-order chi connectivity index (χ1) is 14.2. The summed E-state index contributed by atoms with van der Waals surface area (Å²) < 4.78 is 0. The molecule has 3 saturated heterocycles. The van der Waals surface area contributed by atoms with Crippen LogP contribution in [0.1, 0.15) is 35.8 Å². The molecule has 2 atom stereocenters. The minimum Gasteiger partial charge on any atom is -0.354 e. The van der Waals surface area contributed by atoms with Crippen molar-refractivity contribution in [3.63, 3.8) is 0 Å². The van der Waals surface area contributed by atoms with Crippen molar-refractivity contribution in [2.75, 3.05) is 39.8 Å². The minimum absolute atomic E-state index is 0.00268. The fourth-order valence-corrected chi connectivity index (χ4v) is 6.02. The zero-order valence-electron chi connectivity index (χ0n) is 17.3. The fourth-order valence-electron chi connectivity index (χ4n) is 6.02. The van der Waals surface area contributed by atoms with Crippen LogP contribution < -0.4 is 5.32 Å². The molecule has 4 fully saturated rings. The Morgan fingerprint density at radius 3 is 1.86 bits per heavy atom. The predicted molar refractivity (Wildman–Crippen MR) is 116 cm³/mol. The van der Waals surface area contributed by atoms with Crippen molar-refractivity contribution in [1.29, 1.82) is 0 Å². The molecule has 0 aromatic heterocycles. The molecule has 1 N–H and O–H groups in total. The average Bonchev–Trinajstić information content (AvgIpc) is 3.02. The molecule has 2 bridgehead atoms. The van der Waals surface area contributed by atoms with Crippen LogP contribution in [0, 0.1) is 5.92 Å². The first-order valence-corrected chi connectivity index (χ1v) is 11.0. The number of carbonyl (C=O) groups excluding carboxylic acids is 1. The molecule has 1 amide bonds. The van der Waals surface area contributed by atoms with E-state index in [4.69, 9.17) is 0 Å². The average molecular weight is 390 g/mol. The molecule has 29 heavy (non-hydrogen) atoms. The van der Waals surface area contributed by atoms with Crippen LogP contribution in [-0.2, 0) is 4.79 Å². The van der Waals surface area contributed by atoms with Gasteiger partial charge in [0.25, 0.3) is 0 Å². The summed E-state index contributed by atoms with van der Waals surface area (Å²) in [5, 5.41) is 3.36. The second-order valence-electron chi connectivity index (χ2n) is 9.20. The van der Waals surface area contributed by atoms with Crippen LogP contribution in [0.3, 0.4) is 0 Å². The van der Waals surface area contributed by atoms with Gasteiger partial charge in [0.1, 0.15) is 0 Å². The van der Waals surface area contributed by atoms with Crippen molar-refractivity contribution in [1.82, 2.24) is 15.1 Å². The Balaban J connectivity index is 1.59. The minimum atomic E-state index is 0.00268. The summed E-state index contributed by atoms with van der Waals surface area (Å²) in [4.78, 5) is 18.5. The van der Waals surface area contributed by atoms with Crippen molar-refractivity contribution in [3.8, 4) is 0 Å². The van der Waals surface area contributed by atoms with Crippen LogP contribution in [0.2, 0.25) is 0 Å². The predicted octanol–water partition coefficient (Wildman–Crippen LogP) is 3.08. The highest BCUT2D eigenvalue weighted by atomic mass is 16.2. The molecular formula is C25H31N3O. The van der Waals surface area contributed by atoms with Crippen molar-refractivity contribution < 1.29 is 4.79 Å². The topological polar surface area (TPSA) is 35.6 Å². The van der Waals surface area contributed by atoms with Crippen molar-refractivity contribution in [2.24, 2.45) is 5.92 Å². The Morgan fingerprint density at radius 1 is 0.828 bits per heavy atom. The number of nitrogens with one attached hydrogen (secondary N) is 1. The number of benzene rings is 2. The lowest BCUT2D eigenvalue weighted by molar-refractivity contribution is -0.125. The number of piperazine rings is 1. The van der Waals surface area contributed by atoms with Gasteiger partial charge in [-0.05, 0) is 42.9 Å². The maximum atomic E-state index is 13.4. The number of carbonyl (C=O) groups is 1. The number of hydrogen-bond donors (Lipinski definition) is 1. The first kappa shape index (κ1) is 18.8. The number of fused-ring (bicyclic) bond motifs is 4.